The highest BCUT2D eigenvalue weighted by atomic mass is 32.1. The van der Waals surface area contributed by atoms with Crippen LogP contribution < -0.4 is 0 Å². The standard InChI is InChI=1S/C55H33N3S/c1-3-14-34(15-4-1)35-26-28-37(29-27-35)55-57-48(36-16-5-2-6-17-36)33-49(58-55)44-23-13-24-47-51(44)54-52(45-22-11-12-25-50(45)59-54)53(56-47)38-30-31-43-41-20-8-7-18-39(41)40-19-9-10-21-42(40)46(43)32-38/h1-33H. The van der Waals surface area contributed by atoms with Crippen LogP contribution in [0.2, 0.25) is 0 Å². The van der Waals surface area contributed by atoms with Crippen LogP contribution in [0.3, 0.4) is 0 Å². The number of rotatable bonds is 5. The lowest BCUT2D eigenvalue weighted by Gasteiger charge is -2.15. The second-order valence-corrected chi connectivity index (χ2v) is 16.1. The van der Waals surface area contributed by atoms with Crippen LogP contribution in [0, 0.1) is 0 Å². The van der Waals surface area contributed by atoms with Crippen LogP contribution in [0.25, 0.3) is 120 Å². The van der Waals surface area contributed by atoms with Crippen molar-refractivity contribution in [3.63, 3.8) is 0 Å². The zero-order valence-electron chi connectivity index (χ0n) is 31.8. The summed E-state index contributed by atoms with van der Waals surface area (Å²) in [4.78, 5) is 16.1. The van der Waals surface area contributed by atoms with E-state index in [-0.39, 0.29) is 0 Å². The Morgan fingerprint density at radius 2 is 0.864 bits per heavy atom. The first kappa shape index (κ1) is 33.6. The Hall–Kier alpha value is -7.53. The fourth-order valence-electron chi connectivity index (χ4n) is 8.90. The summed E-state index contributed by atoms with van der Waals surface area (Å²) in [6, 6.07) is 71.2. The summed E-state index contributed by atoms with van der Waals surface area (Å²) in [7, 11) is 0. The molecule has 0 saturated heterocycles. The molecule has 0 saturated carbocycles. The number of nitrogens with zero attached hydrogens (tertiary/aromatic N) is 3. The highest BCUT2D eigenvalue weighted by molar-refractivity contribution is 7.26. The van der Waals surface area contributed by atoms with Crippen molar-refractivity contribution in [2.45, 2.75) is 0 Å². The van der Waals surface area contributed by atoms with Gasteiger partial charge < -0.3 is 0 Å². The molecule has 4 heteroatoms. The molecule has 3 heterocycles. The lowest BCUT2D eigenvalue weighted by atomic mass is 9.92. The molecule has 9 aromatic carbocycles. The van der Waals surface area contributed by atoms with Crippen LogP contribution in [-0.4, -0.2) is 15.0 Å². The number of benzene rings is 9. The third-order valence-electron chi connectivity index (χ3n) is 11.7. The SMILES string of the molecule is c1ccc(-c2ccc(-c3nc(-c4ccccc4)cc(-c4cccc5nc(-c6ccc7c8ccccc8c8ccccc8c7c6)c6c7ccccc7sc6c45)n3)cc2)cc1. The number of thiophene rings is 1. The van der Waals surface area contributed by atoms with Crippen LogP contribution in [0.5, 0.6) is 0 Å². The smallest absolute Gasteiger partial charge is 0.160 e. The van der Waals surface area contributed by atoms with Crippen LogP contribution in [-0.2, 0) is 0 Å². The van der Waals surface area contributed by atoms with E-state index >= 15 is 0 Å². The molecule has 0 N–H and O–H groups in total. The van der Waals surface area contributed by atoms with E-state index in [4.69, 9.17) is 15.0 Å². The lowest BCUT2D eigenvalue weighted by Crippen LogP contribution is -1.97. The number of aromatic nitrogens is 3. The number of pyridine rings is 1. The van der Waals surface area contributed by atoms with Gasteiger partial charge in [-0.2, -0.15) is 0 Å². The molecule has 3 aromatic heterocycles. The monoisotopic (exact) mass is 767 g/mol. The fraction of sp³-hybridized carbons (Fsp3) is 0. The van der Waals surface area contributed by atoms with Gasteiger partial charge in [0.15, 0.2) is 5.82 Å². The number of hydrogen-bond acceptors (Lipinski definition) is 4. The molecule has 0 unspecified atom stereocenters. The molecule has 12 rings (SSSR count). The van der Waals surface area contributed by atoms with Crippen molar-refractivity contribution in [2.24, 2.45) is 0 Å². The average Bonchev–Trinajstić information content (AvgIpc) is 3.71. The third kappa shape index (κ3) is 5.53. The van der Waals surface area contributed by atoms with E-state index in [1.165, 1.54) is 58.1 Å². The van der Waals surface area contributed by atoms with Gasteiger partial charge in [-0.15, -0.1) is 11.3 Å². The maximum atomic E-state index is 5.59. The van der Waals surface area contributed by atoms with Crippen molar-refractivity contribution in [2.75, 3.05) is 0 Å². The highest BCUT2D eigenvalue weighted by Crippen LogP contribution is 2.47. The van der Waals surface area contributed by atoms with E-state index in [0.717, 1.165) is 55.8 Å². The average molecular weight is 768 g/mol. The van der Waals surface area contributed by atoms with E-state index in [9.17, 15) is 0 Å². The Morgan fingerprint density at radius 1 is 0.322 bits per heavy atom. The summed E-state index contributed by atoms with van der Waals surface area (Å²) in [6.45, 7) is 0. The summed E-state index contributed by atoms with van der Waals surface area (Å²) in [5.41, 5.74) is 10.2. The Labute approximate surface area is 344 Å². The van der Waals surface area contributed by atoms with E-state index in [1.807, 2.05) is 23.5 Å². The third-order valence-corrected chi connectivity index (χ3v) is 12.9. The second-order valence-electron chi connectivity index (χ2n) is 15.1. The summed E-state index contributed by atoms with van der Waals surface area (Å²) >= 11 is 1.83. The predicted octanol–water partition coefficient (Wildman–Crippen LogP) is 15.2. The molecule has 0 bridgehead atoms. The van der Waals surface area contributed by atoms with Crippen molar-refractivity contribution >= 4 is 74.7 Å². The molecular formula is C55H33N3S. The molecule has 0 atom stereocenters. The topological polar surface area (TPSA) is 38.7 Å². The van der Waals surface area contributed by atoms with Gasteiger partial charge in [0.05, 0.1) is 22.6 Å². The summed E-state index contributed by atoms with van der Waals surface area (Å²) in [5, 5.41) is 11.0. The molecule has 0 aliphatic heterocycles. The van der Waals surface area contributed by atoms with Crippen molar-refractivity contribution in [3.8, 4) is 56.3 Å². The first-order valence-electron chi connectivity index (χ1n) is 19.9. The van der Waals surface area contributed by atoms with Gasteiger partial charge in [-0.05, 0) is 67.7 Å². The summed E-state index contributed by atoms with van der Waals surface area (Å²) in [6.07, 6.45) is 0. The van der Waals surface area contributed by atoms with Crippen molar-refractivity contribution in [1.82, 2.24) is 15.0 Å². The van der Waals surface area contributed by atoms with E-state index < -0.39 is 0 Å². The largest absolute Gasteiger partial charge is 0.247 e. The summed E-state index contributed by atoms with van der Waals surface area (Å²) < 4.78 is 2.44. The first-order chi connectivity index (χ1) is 29.2. The maximum absolute atomic E-state index is 5.59. The predicted molar refractivity (Wildman–Crippen MR) is 250 cm³/mol. The van der Waals surface area contributed by atoms with Crippen molar-refractivity contribution < 1.29 is 0 Å². The van der Waals surface area contributed by atoms with Gasteiger partial charge in [-0.3, -0.25) is 0 Å². The molecule has 3 nitrogen and oxygen atoms in total. The van der Waals surface area contributed by atoms with Crippen LogP contribution in [0.4, 0.5) is 0 Å². The molecule has 0 aliphatic rings. The van der Waals surface area contributed by atoms with Crippen molar-refractivity contribution in [3.05, 3.63) is 200 Å². The molecule has 0 amide bonds. The summed E-state index contributed by atoms with van der Waals surface area (Å²) in [5.74, 6) is 0.686. The quantitative estimate of drug-likeness (QED) is 0.164. The maximum Gasteiger partial charge on any atom is 0.160 e. The van der Waals surface area contributed by atoms with Crippen LogP contribution in [0.1, 0.15) is 0 Å². The minimum Gasteiger partial charge on any atom is -0.247 e. The van der Waals surface area contributed by atoms with Gasteiger partial charge in [0.1, 0.15) is 0 Å². The van der Waals surface area contributed by atoms with Crippen molar-refractivity contribution in [1.29, 1.82) is 0 Å². The Bertz CT molecular complexity index is 3560. The molecule has 0 spiro atoms. The number of hydrogen-bond donors (Lipinski definition) is 0. The molecule has 0 radical (unpaired) electrons. The van der Waals surface area contributed by atoms with Gasteiger partial charge in [-0.25, -0.2) is 15.0 Å². The van der Waals surface area contributed by atoms with Gasteiger partial charge in [0.25, 0.3) is 0 Å². The van der Waals surface area contributed by atoms with Gasteiger partial charge in [0.2, 0.25) is 0 Å². The van der Waals surface area contributed by atoms with Gasteiger partial charge in [-0.1, -0.05) is 176 Å². The van der Waals surface area contributed by atoms with Gasteiger partial charge in [0, 0.05) is 47.8 Å². The molecular weight excluding hydrogens is 735 g/mol. The van der Waals surface area contributed by atoms with E-state index in [0.29, 0.717) is 5.82 Å². The van der Waals surface area contributed by atoms with E-state index in [1.54, 1.807) is 0 Å². The molecule has 12 aromatic rings. The van der Waals surface area contributed by atoms with Crippen LogP contribution in [0.15, 0.2) is 200 Å². The number of fused-ring (bicyclic) bond motifs is 11. The van der Waals surface area contributed by atoms with E-state index in [2.05, 4.69) is 188 Å². The molecule has 0 fully saturated rings. The Balaban J connectivity index is 1.10. The van der Waals surface area contributed by atoms with Gasteiger partial charge >= 0.3 is 0 Å². The zero-order valence-corrected chi connectivity index (χ0v) is 32.6. The fourth-order valence-corrected chi connectivity index (χ4v) is 10.2. The minimum atomic E-state index is 0.686. The molecule has 0 aliphatic carbocycles. The first-order valence-corrected chi connectivity index (χ1v) is 20.8. The Morgan fingerprint density at radius 3 is 1.58 bits per heavy atom. The van der Waals surface area contributed by atoms with Crippen LogP contribution >= 0.6 is 11.3 Å². The minimum absolute atomic E-state index is 0.686. The molecule has 274 valence electrons. The Kier molecular flexibility index (Phi) is 7.72. The second kappa shape index (κ2) is 13.6. The highest BCUT2D eigenvalue weighted by Gasteiger charge is 2.21. The lowest BCUT2D eigenvalue weighted by molar-refractivity contribution is 1.18. The molecule has 59 heavy (non-hydrogen) atoms. The zero-order chi connectivity index (χ0) is 38.9. The normalized spacial score (nSPS) is 11.7.